The van der Waals surface area contributed by atoms with Gasteiger partial charge in [0.25, 0.3) is 0 Å². The zero-order valence-corrected chi connectivity index (χ0v) is 59.0. The largest absolute Gasteiger partial charge is 0.466 e. The number of ether oxygens (including phenoxy) is 1. The van der Waals surface area contributed by atoms with Crippen molar-refractivity contribution < 1.29 is 24.5 Å². The Kier molecular flexibility index (Phi) is 74.8. The zero-order valence-electron chi connectivity index (χ0n) is 59.0. The van der Waals surface area contributed by atoms with Gasteiger partial charge in [-0.3, -0.25) is 9.59 Å². The average molecular weight is 1220 g/mol. The van der Waals surface area contributed by atoms with Crippen LogP contribution in [0.4, 0.5) is 0 Å². The van der Waals surface area contributed by atoms with Gasteiger partial charge in [-0.1, -0.05) is 403 Å². The van der Waals surface area contributed by atoms with Crippen LogP contribution in [-0.2, 0) is 14.3 Å². The molecule has 2 atom stereocenters. The fraction of sp³-hybridized carbons (Fsp3) is 0.901. The highest BCUT2D eigenvalue weighted by molar-refractivity contribution is 5.76. The average Bonchev–Trinajstić information content (AvgIpc) is 3.53. The number of carbonyl (C=O) groups is 2. The van der Waals surface area contributed by atoms with Gasteiger partial charge in [0, 0.05) is 12.8 Å². The molecule has 6 heteroatoms. The van der Waals surface area contributed by atoms with Crippen LogP contribution in [0.3, 0.4) is 0 Å². The monoisotopic (exact) mass is 1220 g/mol. The quantitative estimate of drug-likeness (QED) is 0.0320. The number of allylic oxidation sites excluding steroid dienone is 5. The van der Waals surface area contributed by atoms with Gasteiger partial charge in [0.15, 0.2) is 0 Å². The van der Waals surface area contributed by atoms with E-state index in [0.717, 1.165) is 51.4 Å². The van der Waals surface area contributed by atoms with E-state index in [1.54, 1.807) is 6.08 Å². The molecule has 0 aliphatic carbocycles. The maximum atomic E-state index is 12.5. The standard InChI is InChI=1S/C81H155NO5/c1-3-5-7-9-11-13-15-17-19-46-49-53-57-61-65-69-73-79(84)78(77-83)82-80(85)74-70-66-62-58-54-50-47-43-41-39-37-35-33-31-29-27-25-23-21-20-22-24-26-28-30-32-34-36-38-40-42-44-48-52-56-60-64-68-72-76-87-81(86)75-71-67-63-59-55-51-45-18-16-14-12-10-8-6-4-2/h12,14,18,45,69,73,78-79,83-84H,3-11,13,15-17,19-44,46-68,70-72,74-77H2,1-2H3,(H,82,85)/b14-12-,45-18-,73-69+. The molecule has 0 bridgehead atoms. The van der Waals surface area contributed by atoms with Crippen molar-refractivity contribution in [1.82, 2.24) is 5.32 Å². The number of rotatable bonds is 75. The number of aliphatic hydroxyl groups is 2. The molecule has 0 aromatic heterocycles. The fourth-order valence-electron chi connectivity index (χ4n) is 12.6. The molecule has 0 saturated heterocycles. The lowest BCUT2D eigenvalue weighted by atomic mass is 10.0. The van der Waals surface area contributed by atoms with Crippen LogP contribution in [0.5, 0.6) is 0 Å². The van der Waals surface area contributed by atoms with E-state index in [-0.39, 0.29) is 18.5 Å². The summed E-state index contributed by atoms with van der Waals surface area (Å²) in [5, 5.41) is 23.2. The Bertz CT molecular complexity index is 1410. The molecular weight excluding hydrogens is 1070 g/mol. The van der Waals surface area contributed by atoms with Crippen LogP contribution in [0.1, 0.15) is 444 Å². The van der Waals surface area contributed by atoms with Gasteiger partial charge < -0.3 is 20.3 Å². The molecule has 0 rings (SSSR count). The van der Waals surface area contributed by atoms with Gasteiger partial charge in [-0.15, -0.1) is 0 Å². The Morgan fingerprint density at radius 2 is 0.575 bits per heavy atom. The van der Waals surface area contributed by atoms with E-state index in [2.05, 4.69) is 43.5 Å². The van der Waals surface area contributed by atoms with Gasteiger partial charge >= 0.3 is 5.97 Å². The Labute approximate surface area is 544 Å². The van der Waals surface area contributed by atoms with Crippen LogP contribution in [0, 0.1) is 0 Å². The van der Waals surface area contributed by atoms with Crippen LogP contribution in [0.15, 0.2) is 36.5 Å². The van der Waals surface area contributed by atoms with E-state index < -0.39 is 12.1 Å². The summed E-state index contributed by atoms with van der Waals surface area (Å²) in [4.78, 5) is 24.6. The van der Waals surface area contributed by atoms with Crippen molar-refractivity contribution in [2.45, 2.75) is 456 Å². The Morgan fingerprint density at radius 1 is 0.322 bits per heavy atom. The van der Waals surface area contributed by atoms with Crippen molar-refractivity contribution >= 4 is 11.9 Å². The Balaban J connectivity index is 3.30. The van der Waals surface area contributed by atoms with Gasteiger partial charge in [-0.05, 0) is 64.2 Å². The van der Waals surface area contributed by atoms with Gasteiger partial charge in [0.2, 0.25) is 5.91 Å². The van der Waals surface area contributed by atoms with Crippen molar-refractivity contribution in [1.29, 1.82) is 0 Å². The predicted molar refractivity (Wildman–Crippen MR) is 384 cm³/mol. The van der Waals surface area contributed by atoms with Crippen LogP contribution in [0.2, 0.25) is 0 Å². The maximum absolute atomic E-state index is 12.5. The third-order valence-electron chi connectivity index (χ3n) is 18.7. The van der Waals surface area contributed by atoms with Crippen LogP contribution >= 0.6 is 0 Å². The molecule has 3 N–H and O–H groups in total. The normalized spacial score (nSPS) is 12.6. The number of aliphatic hydroxyl groups excluding tert-OH is 2. The lowest BCUT2D eigenvalue weighted by Gasteiger charge is -2.20. The number of esters is 1. The van der Waals surface area contributed by atoms with E-state index in [1.165, 1.54) is 366 Å². The summed E-state index contributed by atoms with van der Waals surface area (Å²) < 4.78 is 5.50. The molecule has 87 heavy (non-hydrogen) atoms. The number of carbonyl (C=O) groups excluding carboxylic acids is 2. The van der Waals surface area contributed by atoms with E-state index in [9.17, 15) is 19.8 Å². The molecule has 0 fully saturated rings. The molecule has 0 saturated carbocycles. The summed E-state index contributed by atoms with van der Waals surface area (Å²) in [7, 11) is 0. The molecule has 0 heterocycles. The minimum Gasteiger partial charge on any atom is -0.466 e. The minimum absolute atomic E-state index is 0.0103. The first-order chi connectivity index (χ1) is 43.0. The molecule has 1 amide bonds. The van der Waals surface area contributed by atoms with Crippen molar-refractivity contribution in [3.05, 3.63) is 36.5 Å². The summed E-state index contributed by atoms with van der Waals surface area (Å²) in [6, 6.07) is -0.623. The zero-order chi connectivity index (χ0) is 62.8. The molecule has 0 aliphatic rings. The topological polar surface area (TPSA) is 95.9 Å². The molecule has 0 aromatic rings. The Hall–Kier alpha value is -1.92. The van der Waals surface area contributed by atoms with Gasteiger partial charge in [0.05, 0.1) is 25.4 Å². The molecule has 514 valence electrons. The van der Waals surface area contributed by atoms with Crippen molar-refractivity contribution in [2.75, 3.05) is 13.2 Å². The lowest BCUT2D eigenvalue weighted by Crippen LogP contribution is -2.45. The molecule has 0 aliphatic heterocycles. The highest BCUT2D eigenvalue weighted by Crippen LogP contribution is 2.20. The van der Waals surface area contributed by atoms with Crippen molar-refractivity contribution in [3.8, 4) is 0 Å². The van der Waals surface area contributed by atoms with Gasteiger partial charge in [-0.2, -0.15) is 0 Å². The van der Waals surface area contributed by atoms with Crippen LogP contribution in [-0.4, -0.2) is 47.4 Å². The summed E-state index contributed by atoms with van der Waals surface area (Å²) in [5.74, 6) is -0.0483. The fourth-order valence-corrected chi connectivity index (χ4v) is 12.6. The summed E-state index contributed by atoms with van der Waals surface area (Å²) >= 11 is 0. The van der Waals surface area contributed by atoms with E-state index in [4.69, 9.17) is 4.74 Å². The van der Waals surface area contributed by atoms with E-state index in [0.29, 0.717) is 19.4 Å². The first-order valence-electron chi connectivity index (χ1n) is 39.8. The first-order valence-corrected chi connectivity index (χ1v) is 39.8. The minimum atomic E-state index is -0.840. The molecule has 0 radical (unpaired) electrons. The Morgan fingerprint density at radius 3 is 0.897 bits per heavy atom. The molecule has 0 aromatic carbocycles. The van der Waals surface area contributed by atoms with E-state index >= 15 is 0 Å². The molecular formula is C81H155NO5. The number of nitrogens with one attached hydrogen (secondary N) is 1. The second-order valence-corrected chi connectivity index (χ2v) is 27.4. The summed E-state index contributed by atoms with van der Waals surface area (Å²) in [6.07, 6.45) is 100.0. The third kappa shape index (κ3) is 73.0. The van der Waals surface area contributed by atoms with Crippen LogP contribution < -0.4 is 5.32 Å². The van der Waals surface area contributed by atoms with Crippen LogP contribution in [0.25, 0.3) is 0 Å². The van der Waals surface area contributed by atoms with Gasteiger partial charge in [-0.25, -0.2) is 0 Å². The second kappa shape index (κ2) is 76.5. The molecule has 6 nitrogen and oxygen atoms in total. The summed E-state index contributed by atoms with van der Waals surface area (Å²) in [5.41, 5.74) is 0. The van der Waals surface area contributed by atoms with E-state index in [1.807, 2.05) is 6.08 Å². The first kappa shape index (κ1) is 85.1. The van der Waals surface area contributed by atoms with Crippen molar-refractivity contribution in [3.63, 3.8) is 0 Å². The second-order valence-electron chi connectivity index (χ2n) is 27.4. The predicted octanol–water partition coefficient (Wildman–Crippen LogP) is 26.2. The number of unbranched alkanes of at least 4 members (excludes halogenated alkanes) is 60. The lowest BCUT2D eigenvalue weighted by molar-refractivity contribution is -0.143. The summed E-state index contributed by atoms with van der Waals surface area (Å²) in [6.45, 7) is 4.91. The maximum Gasteiger partial charge on any atom is 0.305 e. The highest BCUT2D eigenvalue weighted by Gasteiger charge is 2.18. The SMILES string of the molecule is CCCCC/C=C\C/C=C\CCCCCCCC(=O)OCCCCCCCCCCCCCCCCCCCCCCCCCCCCCCCCCCCCCCCCCC(=O)NC(CO)C(O)/C=C/CCCCCCCCCCCCCCCC. The van der Waals surface area contributed by atoms with Gasteiger partial charge in [0.1, 0.15) is 0 Å². The molecule has 0 spiro atoms. The number of amides is 1. The highest BCUT2D eigenvalue weighted by atomic mass is 16.5. The van der Waals surface area contributed by atoms with Crippen molar-refractivity contribution in [2.24, 2.45) is 0 Å². The molecule has 2 unspecified atom stereocenters. The number of hydrogen-bond acceptors (Lipinski definition) is 5. The number of hydrogen-bond donors (Lipinski definition) is 3. The third-order valence-corrected chi connectivity index (χ3v) is 18.7. The smallest absolute Gasteiger partial charge is 0.305 e.